The maximum Gasteiger partial charge on any atom is 0.253 e. The minimum absolute atomic E-state index is 0.187. The van der Waals surface area contributed by atoms with Gasteiger partial charge in [-0.3, -0.25) is 4.79 Å². The van der Waals surface area contributed by atoms with Gasteiger partial charge in [0, 0.05) is 17.6 Å². The van der Waals surface area contributed by atoms with Gasteiger partial charge in [-0.2, -0.15) is 0 Å². The number of para-hydroxylation sites is 1. The van der Waals surface area contributed by atoms with E-state index in [1.807, 2.05) is 26.0 Å². The SMILES string of the molecule is COc1ccc(CNC(=O)c2cccc3c(C)c(C)[nH]c23)cc1F. The molecule has 5 heteroatoms. The Balaban J connectivity index is 1.81. The van der Waals surface area contributed by atoms with Crippen molar-refractivity contribution in [2.24, 2.45) is 0 Å². The second-order valence-electron chi connectivity index (χ2n) is 5.75. The zero-order valence-electron chi connectivity index (χ0n) is 13.9. The van der Waals surface area contributed by atoms with Gasteiger partial charge in [-0.15, -0.1) is 0 Å². The van der Waals surface area contributed by atoms with Gasteiger partial charge in [0.25, 0.3) is 5.91 Å². The van der Waals surface area contributed by atoms with Crippen LogP contribution in [0, 0.1) is 19.7 Å². The Morgan fingerprint density at radius 2 is 2.04 bits per heavy atom. The van der Waals surface area contributed by atoms with E-state index in [1.165, 1.54) is 13.2 Å². The van der Waals surface area contributed by atoms with Crippen molar-refractivity contribution in [1.82, 2.24) is 10.3 Å². The Bertz CT molecular complexity index is 915. The molecule has 124 valence electrons. The molecule has 0 fully saturated rings. The molecule has 4 nitrogen and oxygen atoms in total. The Morgan fingerprint density at radius 1 is 1.25 bits per heavy atom. The Morgan fingerprint density at radius 3 is 2.75 bits per heavy atom. The van der Waals surface area contributed by atoms with Gasteiger partial charge in [0.1, 0.15) is 0 Å². The van der Waals surface area contributed by atoms with Crippen LogP contribution >= 0.6 is 0 Å². The predicted molar refractivity (Wildman–Crippen MR) is 91.9 cm³/mol. The van der Waals surface area contributed by atoms with Gasteiger partial charge in [0.15, 0.2) is 11.6 Å². The summed E-state index contributed by atoms with van der Waals surface area (Å²) in [6.45, 7) is 4.25. The Hall–Kier alpha value is -2.82. The van der Waals surface area contributed by atoms with Gasteiger partial charge >= 0.3 is 0 Å². The smallest absolute Gasteiger partial charge is 0.253 e. The van der Waals surface area contributed by atoms with Gasteiger partial charge in [0.05, 0.1) is 18.2 Å². The number of carbonyl (C=O) groups excluding carboxylic acids is 1. The lowest BCUT2D eigenvalue weighted by molar-refractivity contribution is 0.0952. The number of fused-ring (bicyclic) bond motifs is 1. The standard InChI is InChI=1S/C19H19FN2O2/c1-11-12(2)22-18-14(11)5-4-6-15(18)19(23)21-10-13-7-8-17(24-3)16(20)9-13/h4-9,22H,10H2,1-3H3,(H,21,23). The summed E-state index contributed by atoms with van der Waals surface area (Å²) in [6, 6.07) is 10.3. The first-order valence-electron chi connectivity index (χ1n) is 7.69. The second-order valence-corrected chi connectivity index (χ2v) is 5.75. The van der Waals surface area contributed by atoms with Crippen molar-refractivity contribution in [3.63, 3.8) is 0 Å². The molecule has 2 N–H and O–H groups in total. The van der Waals surface area contributed by atoms with Crippen LogP contribution in [0.2, 0.25) is 0 Å². The number of hydrogen-bond donors (Lipinski definition) is 2. The van der Waals surface area contributed by atoms with Crippen LogP contribution in [-0.2, 0) is 6.54 Å². The molecule has 1 amide bonds. The summed E-state index contributed by atoms with van der Waals surface area (Å²) >= 11 is 0. The molecule has 0 atom stereocenters. The number of halogens is 1. The van der Waals surface area contributed by atoms with Crippen molar-refractivity contribution < 1.29 is 13.9 Å². The Labute approximate surface area is 139 Å². The summed E-state index contributed by atoms with van der Waals surface area (Å²) in [7, 11) is 1.42. The van der Waals surface area contributed by atoms with Crippen LogP contribution in [0.4, 0.5) is 4.39 Å². The zero-order valence-corrected chi connectivity index (χ0v) is 13.9. The van der Waals surface area contributed by atoms with E-state index in [0.29, 0.717) is 11.1 Å². The number of benzene rings is 2. The molecular formula is C19H19FN2O2. The van der Waals surface area contributed by atoms with Gasteiger partial charge in [0.2, 0.25) is 0 Å². The van der Waals surface area contributed by atoms with Gasteiger partial charge in [-0.25, -0.2) is 4.39 Å². The third kappa shape index (κ3) is 2.85. The molecule has 3 rings (SSSR count). The number of aryl methyl sites for hydroxylation is 2. The van der Waals surface area contributed by atoms with Gasteiger partial charge in [-0.1, -0.05) is 18.2 Å². The molecular weight excluding hydrogens is 307 g/mol. The highest BCUT2D eigenvalue weighted by Gasteiger charge is 2.14. The number of rotatable bonds is 4. The highest BCUT2D eigenvalue weighted by Crippen LogP contribution is 2.24. The second kappa shape index (κ2) is 6.35. The number of hydrogen-bond acceptors (Lipinski definition) is 2. The highest BCUT2D eigenvalue weighted by molar-refractivity contribution is 6.06. The fourth-order valence-corrected chi connectivity index (χ4v) is 2.77. The maximum atomic E-state index is 13.7. The summed E-state index contributed by atoms with van der Waals surface area (Å²) < 4.78 is 18.6. The van der Waals surface area contributed by atoms with E-state index in [1.54, 1.807) is 18.2 Å². The summed E-state index contributed by atoms with van der Waals surface area (Å²) in [5.74, 6) is -0.452. The van der Waals surface area contributed by atoms with Gasteiger partial charge in [-0.05, 0) is 43.2 Å². The van der Waals surface area contributed by atoms with E-state index in [-0.39, 0.29) is 18.2 Å². The summed E-state index contributed by atoms with van der Waals surface area (Å²) in [5.41, 5.74) is 4.26. The fourth-order valence-electron chi connectivity index (χ4n) is 2.77. The van der Waals surface area contributed by atoms with Crippen molar-refractivity contribution in [3.8, 4) is 5.75 Å². The lowest BCUT2D eigenvalue weighted by atomic mass is 10.1. The van der Waals surface area contributed by atoms with Crippen LogP contribution in [0.15, 0.2) is 36.4 Å². The molecule has 0 unspecified atom stereocenters. The van der Waals surface area contributed by atoms with E-state index in [2.05, 4.69) is 10.3 Å². The number of methoxy groups -OCH3 is 1. The van der Waals surface area contributed by atoms with Crippen LogP contribution in [0.3, 0.4) is 0 Å². The molecule has 0 aliphatic heterocycles. The molecule has 0 spiro atoms. The summed E-state index contributed by atoms with van der Waals surface area (Å²) in [4.78, 5) is 15.8. The van der Waals surface area contributed by atoms with E-state index >= 15 is 0 Å². The van der Waals surface area contributed by atoms with Gasteiger partial charge < -0.3 is 15.0 Å². The largest absolute Gasteiger partial charge is 0.494 e. The molecule has 24 heavy (non-hydrogen) atoms. The molecule has 0 aliphatic carbocycles. The van der Waals surface area contributed by atoms with Crippen LogP contribution in [0.5, 0.6) is 5.75 Å². The monoisotopic (exact) mass is 326 g/mol. The number of ether oxygens (including phenoxy) is 1. The number of nitrogens with one attached hydrogen (secondary N) is 2. The number of amides is 1. The van der Waals surface area contributed by atoms with Crippen molar-refractivity contribution in [2.45, 2.75) is 20.4 Å². The molecule has 0 saturated heterocycles. The fraction of sp³-hybridized carbons (Fsp3) is 0.211. The normalized spacial score (nSPS) is 10.8. The Kier molecular flexibility index (Phi) is 4.25. The summed E-state index contributed by atoms with van der Waals surface area (Å²) in [5, 5.41) is 3.87. The highest BCUT2D eigenvalue weighted by atomic mass is 19.1. The quantitative estimate of drug-likeness (QED) is 0.765. The average Bonchev–Trinajstić information content (AvgIpc) is 2.87. The first-order valence-corrected chi connectivity index (χ1v) is 7.69. The predicted octanol–water partition coefficient (Wildman–Crippen LogP) is 3.86. The third-order valence-electron chi connectivity index (χ3n) is 4.26. The molecule has 0 saturated carbocycles. The molecule has 3 aromatic rings. The zero-order chi connectivity index (χ0) is 17.3. The molecule has 1 aromatic heterocycles. The van der Waals surface area contributed by atoms with Crippen LogP contribution in [0.1, 0.15) is 27.2 Å². The topological polar surface area (TPSA) is 54.1 Å². The average molecular weight is 326 g/mol. The van der Waals surface area contributed by atoms with Crippen LogP contribution < -0.4 is 10.1 Å². The first kappa shape index (κ1) is 16.1. The lowest BCUT2D eigenvalue weighted by Crippen LogP contribution is -2.23. The van der Waals surface area contributed by atoms with Crippen LogP contribution in [-0.4, -0.2) is 18.0 Å². The molecule has 1 heterocycles. The molecule has 0 aliphatic rings. The minimum atomic E-state index is -0.443. The van der Waals surface area contributed by atoms with Crippen molar-refractivity contribution in [2.75, 3.05) is 7.11 Å². The van der Waals surface area contributed by atoms with E-state index in [9.17, 15) is 9.18 Å². The van der Waals surface area contributed by atoms with Crippen molar-refractivity contribution in [1.29, 1.82) is 0 Å². The van der Waals surface area contributed by atoms with E-state index in [4.69, 9.17) is 4.74 Å². The van der Waals surface area contributed by atoms with E-state index < -0.39 is 5.82 Å². The summed E-state index contributed by atoms with van der Waals surface area (Å²) in [6.07, 6.45) is 0. The number of H-pyrrole nitrogens is 1. The molecule has 2 aromatic carbocycles. The third-order valence-corrected chi connectivity index (χ3v) is 4.26. The number of carbonyl (C=O) groups is 1. The first-order chi connectivity index (χ1) is 11.5. The number of aromatic amines is 1. The van der Waals surface area contributed by atoms with Crippen molar-refractivity contribution in [3.05, 3.63) is 64.6 Å². The molecule has 0 radical (unpaired) electrons. The lowest BCUT2D eigenvalue weighted by Gasteiger charge is -2.08. The molecule has 0 bridgehead atoms. The number of aromatic nitrogens is 1. The van der Waals surface area contributed by atoms with E-state index in [0.717, 1.165) is 22.2 Å². The van der Waals surface area contributed by atoms with Crippen LogP contribution in [0.25, 0.3) is 10.9 Å². The maximum absolute atomic E-state index is 13.7. The van der Waals surface area contributed by atoms with Crippen molar-refractivity contribution >= 4 is 16.8 Å². The minimum Gasteiger partial charge on any atom is -0.494 e.